The number of amides is 2. The summed E-state index contributed by atoms with van der Waals surface area (Å²) in [6, 6.07) is 16.1. The lowest BCUT2D eigenvalue weighted by Crippen LogP contribution is -2.17. The summed E-state index contributed by atoms with van der Waals surface area (Å²) < 4.78 is 5.61. The van der Waals surface area contributed by atoms with Gasteiger partial charge in [0.25, 0.3) is 5.91 Å². The third kappa shape index (κ3) is 5.16. The average Bonchev–Trinajstić information content (AvgIpc) is 3.17. The lowest BCUT2D eigenvalue weighted by atomic mass is 10.1. The van der Waals surface area contributed by atoms with Crippen molar-refractivity contribution in [1.29, 1.82) is 0 Å². The first-order chi connectivity index (χ1) is 13.9. The van der Waals surface area contributed by atoms with Crippen LogP contribution in [0, 0.1) is 0 Å². The Morgan fingerprint density at radius 3 is 2.45 bits per heavy atom. The van der Waals surface area contributed by atoms with Gasteiger partial charge in [0.05, 0.1) is 11.8 Å². The molecule has 0 saturated carbocycles. The smallest absolute Gasteiger partial charge is 0.335 e. The van der Waals surface area contributed by atoms with Crippen LogP contribution in [-0.2, 0) is 4.79 Å². The van der Waals surface area contributed by atoms with Crippen LogP contribution in [0.3, 0.4) is 0 Å². The Morgan fingerprint density at radius 2 is 1.76 bits per heavy atom. The molecular weight excluding hydrogens is 374 g/mol. The molecule has 146 valence electrons. The first-order valence-corrected chi connectivity index (χ1v) is 8.57. The van der Waals surface area contributed by atoms with Gasteiger partial charge in [-0.05, 0) is 48.5 Å². The van der Waals surface area contributed by atoms with Crippen LogP contribution < -0.4 is 10.7 Å². The Bertz CT molecular complexity index is 1080. The monoisotopic (exact) mass is 391 g/mol. The largest absolute Gasteiger partial charge is 0.478 e. The molecule has 1 aromatic heterocycles. The molecule has 3 aromatic rings. The maximum atomic E-state index is 12.1. The third-order valence-corrected chi connectivity index (χ3v) is 3.85. The number of carbonyl (C=O) groups excluding carboxylic acids is 2. The molecule has 0 atom stereocenters. The summed E-state index contributed by atoms with van der Waals surface area (Å²) in [5.41, 5.74) is 4.13. The number of aromatic carboxylic acids is 1. The van der Waals surface area contributed by atoms with Crippen LogP contribution in [0.5, 0.6) is 0 Å². The Kier molecular flexibility index (Phi) is 5.84. The SMILES string of the molecule is CC(=O)Nc1ccc(C(=O)N/N=C\c2ccc(-c3cccc(C(=O)O)c3)o2)cc1. The number of nitrogens with zero attached hydrogens (tertiary/aromatic N) is 1. The van der Waals surface area contributed by atoms with Gasteiger partial charge in [-0.1, -0.05) is 12.1 Å². The van der Waals surface area contributed by atoms with E-state index in [-0.39, 0.29) is 11.5 Å². The second-order valence-electron chi connectivity index (χ2n) is 6.05. The van der Waals surface area contributed by atoms with E-state index in [4.69, 9.17) is 9.52 Å². The van der Waals surface area contributed by atoms with E-state index in [2.05, 4.69) is 15.8 Å². The molecule has 0 fully saturated rings. The Morgan fingerprint density at radius 1 is 1.00 bits per heavy atom. The highest BCUT2D eigenvalue weighted by molar-refractivity contribution is 5.96. The van der Waals surface area contributed by atoms with E-state index in [1.165, 1.54) is 25.3 Å². The van der Waals surface area contributed by atoms with E-state index < -0.39 is 11.9 Å². The zero-order valence-corrected chi connectivity index (χ0v) is 15.4. The highest BCUT2D eigenvalue weighted by atomic mass is 16.4. The summed E-state index contributed by atoms with van der Waals surface area (Å²) in [5, 5.41) is 15.5. The summed E-state index contributed by atoms with van der Waals surface area (Å²) in [5.74, 6) is -0.764. The van der Waals surface area contributed by atoms with Gasteiger partial charge in [0.1, 0.15) is 11.5 Å². The molecular formula is C21H17N3O5. The van der Waals surface area contributed by atoms with Crippen molar-refractivity contribution in [3.63, 3.8) is 0 Å². The molecule has 0 saturated heterocycles. The molecule has 0 bridgehead atoms. The molecule has 0 unspecified atom stereocenters. The fraction of sp³-hybridized carbons (Fsp3) is 0.0476. The minimum absolute atomic E-state index is 0.158. The summed E-state index contributed by atoms with van der Waals surface area (Å²) in [4.78, 5) is 34.2. The number of furan rings is 1. The van der Waals surface area contributed by atoms with Crippen LogP contribution in [0.25, 0.3) is 11.3 Å². The summed E-state index contributed by atoms with van der Waals surface area (Å²) in [6.45, 7) is 1.40. The fourth-order valence-electron chi connectivity index (χ4n) is 2.51. The predicted molar refractivity (Wildman–Crippen MR) is 107 cm³/mol. The average molecular weight is 391 g/mol. The number of carboxylic acid groups (broad SMARTS) is 1. The molecule has 2 amide bonds. The van der Waals surface area contributed by atoms with Gasteiger partial charge < -0.3 is 14.8 Å². The molecule has 0 spiro atoms. The zero-order chi connectivity index (χ0) is 20.8. The van der Waals surface area contributed by atoms with Crippen LogP contribution in [-0.4, -0.2) is 29.1 Å². The Hall–Kier alpha value is -4.20. The molecule has 29 heavy (non-hydrogen) atoms. The quantitative estimate of drug-likeness (QED) is 0.439. The minimum Gasteiger partial charge on any atom is -0.478 e. The van der Waals surface area contributed by atoms with E-state index in [1.54, 1.807) is 48.5 Å². The van der Waals surface area contributed by atoms with Crippen LogP contribution >= 0.6 is 0 Å². The number of rotatable bonds is 6. The van der Waals surface area contributed by atoms with Crippen molar-refractivity contribution < 1.29 is 23.9 Å². The molecule has 0 aliphatic heterocycles. The minimum atomic E-state index is -1.02. The second kappa shape index (κ2) is 8.66. The number of hydrogen-bond donors (Lipinski definition) is 3. The van der Waals surface area contributed by atoms with Crippen LogP contribution in [0.2, 0.25) is 0 Å². The van der Waals surface area contributed by atoms with Crippen LogP contribution in [0.15, 0.2) is 70.2 Å². The van der Waals surface area contributed by atoms with Gasteiger partial charge in [-0.15, -0.1) is 0 Å². The second-order valence-corrected chi connectivity index (χ2v) is 6.05. The van der Waals surface area contributed by atoms with E-state index in [0.29, 0.717) is 28.3 Å². The number of nitrogens with one attached hydrogen (secondary N) is 2. The zero-order valence-electron chi connectivity index (χ0n) is 15.4. The standard InChI is InChI=1S/C21H17N3O5/c1-13(25)23-17-7-5-14(6-8-17)20(26)24-22-12-18-9-10-19(29-18)15-3-2-4-16(11-15)21(27)28/h2-12H,1H3,(H,23,25)(H,24,26)(H,27,28)/b22-12-. The van der Waals surface area contributed by atoms with Gasteiger partial charge in [-0.2, -0.15) is 5.10 Å². The lowest BCUT2D eigenvalue weighted by molar-refractivity contribution is -0.114. The van der Waals surface area contributed by atoms with Crippen LogP contribution in [0.1, 0.15) is 33.4 Å². The number of carbonyl (C=O) groups is 3. The number of benzene rings is 2. The van der Waals surface area contributed by atoms with Crippen molar-refractivity contribution in [2.75, 3.05) is 5.32 Å². The Labute approximate surface area is 165 Å². The molecule has 1 heterocycles. The van der Waals surface area contributed by atoms with Gasteiger partial charge in [0.15, 0.2) is 0 Å². The summed E-state index contributed by atoms with van der Waals surface area (Å²) in [6.07, 6.45) is 1.34. The predicted octanol–water partition coefficient (Wildman–Crippen LogP) is 3.37. The molecule has 8 nitrogen and oxygen atoms in total. The topological polar surface area (TPSA) is 121 Å². The van der Waals surface area contributed by atoms with Gasteiger partial charge in [0.2, 0.25) is 5.91 Å². The normalized spacial score (nSPS) is 10.7. The van der Waals surface area contributed by atoms with Crippen molar-refractivity contribution in [3.05, 3.63) is 77.6 Å². The van der Waals surface area contributed by atoms with Crippen LogP contribution in [0.4, 0.5) is 5.69 Å². The van der Waals surface area contributed by atoms with E-state index in [9.17, 15) is 14.4 Å². The maximum absolute atomic E-state index is 12.1. The number of hydrazone groups is 1. The van der Waals surface area contributed by atoms with E-state index >= 15 is 0 Å². The number of carboxylic acids is 1. The summed E-state index contributed by atoms with van der Waals surface area (Å²) in [7, 11) is 0. The molecule has 8 heteroatoms. The van der Waals surface area contributed by atoms with Crippen molar-refractivity contribution in [2.24, 2.45) is 5.10 Å². The molecule has 0 aliphatic carbocycles. The Balaban J connectivity index is 1.62. The lowest BCUT2D eigenvalue weighted by Gasteiger charge is -2.03. The summed E-state index contributed by atoms with van der Waals surface area (Å²) >= 11 is 0. The van der Waals surface area contributed by atoms with E-state index in [1.807, 2.05) is 0 Å². The number of anilines is 1. The highest BCUT2D eigenvalue weighted by Gasteiger charge is 2.08. The fourth-order valence-corrected chi connectivity index (χ4v) is 2.51. The maximum Gasteiger partial charge on any atom is 0.335 e. The van der Waals surface area contributed by atoms with Gasteiger partial charge in [-0.3, -0.25) is 9.59 Å². The van der Waals surface area contributed by atoms with E-state index in [0.717, 1.165) is 0 Å². The molecule has 0 aliphatic rings. The van der Waals surface area contributed by atoms with Crippen molar-refractivity contribution >= 4 is 29.7 Å². The highest BCUT2D eigenvalue weighted by Crippen LogP contribution is 2.22. The molecule has 3 rings (SSSR count). The van der Waals surface area contributed by atoms with Gasteiger partial charge in [-0.25, -0.2) is 10.2 Å². The molecule has 3 N–H and O–H groups in total. The number of hydrogen-bond acceptors (Lipinski definition) is 5. The van der Waals surface area contributed by atoms with Gasteiger partial charge in [0, 0.05) is 23.7 Å². The third-order valence-electron chi connectivity index (χ3n) is 3.85. The van der Waals surface area contributed by atoms with Crippen molar-refractivity contribution in [3.8, 4) is 11.3 Å². The first-order valence-electron chi connectivity index (χ1n) is 8.57. The first kappa shape index (κ1) is 19.6. The van der Waals surface area contributed by atoms with Crippen molar-refractivity contribution in [2.45, 2.75) is 6.92 Å². The molecule has 2 aromatic carbocycles. The van der Waals surface area contributed by atoms with Crippen molar-refractivity contribution in [1.82, 2.24) is 5.43 Å². The molecule has 0 radical (unpaired) electrons. The van der Waals surface area contributed by atoms with Gasteiger partial charge >= 0.3 is 5.97 Å².